The topological polar surface area (TPSA) is 0 Å². The van der Waals surface area contributed by atoms with E-state index >= 15 is 0 Å². The minimum atomic E-state index is 0. The Hall–Kier alpha value is -0.260. The summed E-state index contributed by atoms with van der Waals surface area (Å²) < 4.78 is 0. The molecule has 0 aromatic carbocycles. The molecule has 0 spiro atoms. The van der Waals surface area contributed by atoms with E-state index in [0.717, 1.165) is 0 Å². The zero-order valence-electron chi connectivity index (χ0n) is 9.95. The van der Waals surface area contributed by atoms with E-state index in [1.807, 2.05) is 0 Å². The fourth-order valence-corrected chi connectivity index (χ4v) is 1.55. The van der Waals surface area contributed by atoms with Crippen LogP contribution in [0.3, 0.4) is 0 Å². The van der Waals surface area contributed by atoms with Crippen LogP contribution in [0.25, 0.3) is 0 Å². The van der Waals surface area contributed by atoms with Crippen LogP contribution in [0.15, 0.2) is 11.1 Å². The molecule has 1 aliphatic rings. The minimum Gasteiger partial charge on any atom is -0.0776 e. The predicted molar refractivity (Wildman–Crippen MR) is 68.8 cm³/mol. The van der Waals surface area contributed by atoms with E-state index in [-0.39, 0.29) is 7.43 Å². The number of rotatable bonds is 3. The predicted octanol–water partition coefficient (Wildman–Crippen LogP) is 5.73. The highest BCUT2D eigenvalue weighted by atomic mass is 14.1. The normalized spacial score (nSPS) is 14.6. The molecule has 0 radical (unpaired) electrons. The van der Waals surface area contributed by atoms with E-state index in [9.17, 15) is 0 Å². The first kappa shape index (κ1) is 16.2. The molecular formula is C14H30. The summed E-state index contributed by atoms with van der Waals surface area (Å²) in [4.78, 5) is 0. The monoisotopic (exact) mass is 198 g/mol. The molecule has 0 heterocycles. The molecule has 0 N–H and O–H groups in total. The SMILES string of the molecule is C.CC1=C(C)CCC1.CCCCCC. The van der Waals surface area contributed by atoms with Gasteiger partial charge >= 0.3 is 0 Å². The highest BCUT2D eigenvalue weighted by Gasteiger charge is 2.03. The van der Waals surface area contributed by atoms with Crippen LogP contribution in [0.2, 0.25) is 0 Å². The number of hydrogen-bond donors (Lipinski definition) is 0. The van der Waals surface area contributed by atoms with E-state index in [1.54, 1.807) is 11.1 Å². The average molecular weight is 198 g/mol. The smallest absolute Gasteiger partial charge is 0.0317 e. The molecule has 0 aromatic rings. The van der Waals surface area contributed by atoms with Crippen molar-refractivity contribution in [2.45, 2.75) is 80.1 Å². The minimum absolute atomic E-state index is 0. The van der Waals surface area contributed by atoms with Crippen molar-refractivity contribution >= 4 is 0 Å². The van der Waals surface area contributed by atoms with Crippen LogP contribution in [-0.2, 0) is 0 Å². The first-order valence-electron chi connectivity index (χ1n) is 5.87. The van der Waals surface area contributed by atoms with Gasteiger partial charge in [0.15, 0.2) is 0 Å². The van der Waals surface area contributed by atoms with Gasteiger partial charge in [0.25, 0.3) is 0 Å². The van der Waals surface area contributed by atoms with Gasteiger partial charge in [-0.05, 0) is 33.1 Å². The average Bonchev–Trinajstić information content (AvgIpc) is 2.49. The van der Waals surface area contributed by atoms with Gasteiger partial charge < -0.3 is 0 Å². The molecule has 0 nitrogen and oxygen atoms in total. The quantitative estimate of drug-likeness (QED) is 0.401. The first-order chi connectivity index (χ1) is 6.22. The lowest BCUT2D eigenvalue weighted by atomic mass is 10.2. The summed E-state index contributed by atoms with van der Waals surface area (Å²) in [6.07, 6.45) is 9.64. The standard InChI is InChI=1S/C7H12.C6H14.CH4/c1-6-4-3-5-7(6)2;1-3-5-6-4-2;/h3-5H2,1-2H3;3-6H2,1-2H3;1H4. The van der Waals surface area contributed by atoms with Crippen molar-refractivity contribution in [1.29, 1.82) is 0 Å². The van der Waals surface area contributed by atoms with Gasteiger partial charge in [-0.15, -0.1) is 0 Å². The Morgan fingerprint density at radius 2 is 1.21 bits per heavy atom. The Bertz CT molecular complexity index is 126. The molecule has 1 aliphatic carbocycles. The van der Waals surface area contributed by atoms with Crippen LogP contribution in [0.4, 0.5) is 0 Å². The Labute approximate surface area is 91.8 Å². The molecule has 0 unspecified atom stereocenters. The molecule has 0 aromatic heterocycles. The Morgan fingerprint density at radius 1 is 0.857 bits per heavy atom. The van der Waals surface area contributed by atoms with Gasteiger partial charge in [0, 0.05) is 0 Å². The van der Waals surface area contributed by atoms with Gasteiger partial charge in [0.2, 0.25) is 0 Å². The van der Waals surface area contributed by atoms with Crippen LogP contribution in [0, 0.1) is 0 Å². The molecule has 0 bridgehead atoms. The van der Waals surface area contributed by atoms with E-state index < -0.39 is 0 Å². The summed E-state index contributed by atoms with van der Waals surface area (Å²) in [6, 6.07) is 0. The third-order valence-corrected chi connectivity index (χ3v) is 2.79. The molecule has 0 amide bonds. The van der Waals surface area contributed by atoms with Crippen molar-refractivity contribution in [3.05, 3.63) is 11.1 Å². The van der Waals surface area contributed by atoms with E-state index in [0.29, 0.717) is 0 Å². The molecule has 0 atom stereocenters. The van der Waals surface area contributed by atoms with Crippen molar-refractivity contribution in [2.24, 2.45) is 0 Å². The van der Waals surface area contributed by atoms with Crippen molar-refractivity contribution in [3.63, 3.8) is 0 Å². The second kappa shape index (κ2) is 10.8. The lowest BCUT2D eigenvalue weighted by Gasteiger charge is -1.87. The van der Waals surface area contributed by atoms with Gasteiger partial charge in [-0.2, -0.15) is 0 Å². The number of allylic oxidation sites excluding steroid dienone is 2. The molecule has 0 aliphatic heterocycles. The molecule has 0 fully saturated rings. The second-order valence-electron chi connectivity index (χ2n) is 4.12. The highest BCUT2D eigenvalue weighted by Crippen LogP contribution is 2.23. The van der Waals surface area contributed by atoms with Crippen molar-refractivity contribution < 1.29 is 0 Å². The second-order valence-corrected chi connectivity index (χ2v) is 4.12. The molecule has 0 heteroatoms. The molecule has 0 saturated heterocycles. The summed E-state index contributed by atoms with van der Waals surface area (Å²) in [5.74, 6) is 0. The first-order valence-corrected chi connectivity index (χ1v) is 5.87. The summed E-state index contributed by atoms with van der Waals surface area (Å²) in [7, 11) is 0. The van der Waals surface area contributed by atoms with E-state index in [4.69, 9.17) is 0 Å². The van der Waals surface area contributed by atoms with Crippen LogP contribution in [-0.4, -0.2) is 0 Å². The maximum Gasteiger partial charge on any atom is -0.0317 e. The van der Waals surface area contributed by atoms with Crippen molar-refractivity contribution in [1.82, 2.24) is 0 Å². The third-order valence-electron chi connectivity index (χ3n) is 2.79. The molecule has 0 saturated carbocycles. The van der Waals surface area contributed by atoms with Crippen molar-refractivity contribution in [3.8, 4) is 0 Å². The zero-order valence-corrected chi connectivity index (χ0v) is 9.95. The largest absolute Gasteiger partial charge is 0.0776 e. The van der Waals surface area contributed by atoms with Crippen LogP contribution in [0.1, 0.15) is 80.1 Å². The van der Waals surface area contributed by atoms with E-state index in [2.05, 4.69) is 27.7 Å². The zero-order chi connectivity index (χ0) is 10.1. The third kappa shape index (κ3) is 8.34. The van der Waals surface area contributed by atoms with Gasteiger partial charge in [0.1, 0.15) is 0 Å². The molecule has 1 rings (SSSR count). The van der Waals surface area contributed by atoms with Crippen LogP contribution in [0.5, 0.6) is 0 Å². The lowest BCUT2D eigenvalue weighted by Crippen LogP contribution is -1.66. The van der Waals surface area contributed by atoms with Crippen LogP contribution >= 0.6 is 0 Å². The fourth-order valence-electron chi connectivity index (χ4n) is 1.55. The van der Waals surface area contributed by atoms with Gasteiger partial charge in [-0.25, -0.2) is 0 Å². The Morgan fingerprint density at radius 3 is 1.36 bits per heavy atom. The maximum absolute atomic E-state index is 2.24. The number of unbranched alkanes of at least 4 members (excludes halogenated alkanes) is 3. The summed E-state index contributed by atoms with van der Waals surface area (Å²) >= 11 is 0. The van der Waals surface area contributed by atoms with Crippen LogP contribution < -0.4 is 0 Å². The van der Waals surface area contributed by atoms with Gasteiger partial charge in [-0.1, -0.05) is 58.1 Å². The molecule has 14 heavy (non-hydrogen) atoms. The lowest BCUT2D eigenvalue weighted by molar-refractivity contribution is 0.702. The Balaban J connectivity index is 0. The van der Waals surface area contributed by atoms with E-state index in [1.165, 1.54) is 44.9 Å². The molecular weight excluding hydrogens is 168 g/mol. The summed E-state index contributed by atoms with van der Waals surface area (Å²) in [6.45, 7) is 8.94. The van der Waals surface area contributed by atoms with Crippen molar-refractivity contribution in [2.75, 3.05) is 0 Å². The van der Waals surface area contributed by atoms with Gasteiger partial charge in [-0.3, -0.25) is 0 Å². The maximum atomic E-state index is 2.24. The fraction of sp³-hybridized carbons (Fsp3) is 0.857. The molecule has 86 valence electrons. The number of hydrogen-bond acceptors (Lipinski definition) is 0. The highest BCUT2D eigenvalue weighted by molar-refractivity contribution is 5.14. The summed E-state index contributed by atoms with van der Waals surface area (Å²) in [5.41, 5.74) is 3.25. The summed E-state index contributed by atoms with van der Waals surface area (Å²) in [5, 5.41) is 0. The van der Waals surface area contributed by atoms with Gasteiger partial charge in [0.05, 0.1) is 0 Å². The Kier molecular flexibility index (Phi) is 12.5.